The molecule has 1 aromatic rings. The lowest BCUT2D eigenvalue weighted by Gasteiger charge is -2.19. The smallest absolute Gasteiger partial charge is 0.234 e. The van der Waals surface area contributed by atoms with Crippen molar-refractivity contribution < 1.29 is 4.79 Å². The van der Waals surface area contributed by atoms with Gasteiger partial charge < -0.3 is 10.6 Å². The van der Waals surface area contributed by atoms with Gasteiger partial charge in [-0.15, -0.1) is 0 Å². The zero-order chi connectivity index (χ0) is 14.4. The van der Waals surface area contributed by atoms with Crippen molar-refractivity contribution in [2.45, 2.75) is 46.7 Å². The van der Waals surface area contributed by atoms with E-state index in [1.54, 1.807) is 0 Å². The molecule has 0 saturated heterocycles. The van der Waals surface area contributed by atoms with Crippen LogP contribution >= 0.6 is 0 Å². The molecule has 106 valence electrons. The number of hydrogen-bond acceptors (Lipinski definition) is 2. The van der Waals surface area contributed by atoms with Crippen molar-refractivity contribution in [2.75, 3.05) is 6.54 Å². The molecule has 1 unspecified atom stereocenters. The van der Waals surface area contributed by atoms with E-state index in [1.165, 1.54) is 11.1 Å². The molecule has 0 spiro atoms. The first-order valence-electron chi connectivity index (χ1n) is 6.99. The number of nitrogens with one attached hydrogen (secondary N) is 2. The lowest BCUT2D eigenvalue weighted by atomic mass is 10.1. The van der Waals surface area contributed by atoms with E-state index in [0.717, 1.165) is 0 Å². The molecular formula is C16H26N2O. The predicted molar refractivity (Wildman–Crippen MR) is 80.0 cm³/mol. The van der Waals surface area contributed by atoms with Crippen LogP contribution in [-0.2, 0) is 4.79 Å². The summed E-state index contributed by atoms with van der Waals surface area (Å²) in [5, 5.41) is 6.24. The lowest BCUT2D eigenvalue weighted by molar-refractivity contribution is -0.121. The Morgan fingerprint density at radius 3 is 2.21 bits per heavy atom. The highest BCUT2D eigenvalue weighted by Crippen LogP contribution is 2.12. The van der Waals surface area contributed by atoms with Crippen LogP contribution in [0.5, 0.6) is 0 Å². The summed E-state index contributed by atoms with van der Waals surface area (Å²) < 4.78 is 0. The van der Waals surface area contributed by atoms with Gasteiger partial charge in [0.1, 0.15) is 0 Å². The lowest BCUT2D eigenvalue weighted by Crippen LogP contribution is -2.41. The minimum Gasteiger partial charge on any atom is -0.352 e. The fourth-order valence-electron chi connectivity index (χ4n) is 1.69. The van der Waals surface area contributed by atoms with Crippen molar-refractivity contribution in [1.29, 1.82) is 0 Å². The zero-order valence-electron chi connectivity index (χ0n) is 12.7. The van der Waals surface area contributed by atoms with E-state index in [2.05, 4.69) is 62.6 Å². The first-order chi connectivity index (χ1) is 8.90. The molecule has 1 rings (SSSR count). The molecule has 0 heterocycles. The number of rotatable bonds is 6. The summed E-state index contributed by atoms with van der Waals surface area (Å²) in [6, 6.07) is 8.77. The summed E-state index contributed by atoms with van der Waals surface area (Å²) >= 11 is 0. The second-order valence-corrected chi connectivity index (χ2v) is 5.61. The molecule has 3 nitrogen and oxygen atoms in total. The van der Waals surface area contributed by atoms with Gasteiger partial charge in [-0.05, 0) is 32.3 Å². The molecule has 2 N–H and O–H groups in total. The third-order valence-electron chi connectivity index (χ3n) is 3.53. The fourth-order valence-corrected chi connectivity index (χ4v) is 1.69. The Balaban J connectivity index is 2.39. The summed E-state index contributed by atoms with van der Waals surface area (Å²) in [5.41, 5.74) is 2.45. The summed E-state index contributed by atoms with van der Waals surface area (Å²) in [4.78, 5) is 11.8. The molecule has 19 heavy (non-hydrogen) atoms. The summed E-state index contributed by atoms with van der Waals surface area (Å²) in [6.45, 7) is 10.7. The van der Waals surface area contributed by atoms with E-state index in [1.807, 2.05) is 6.92 Å². The molecule has 2 atom stereocenters. The highest BCUT2D eigenvalue weighted by Gasteiger charge is 2.12. The van der Waals surface area contributed by atoms with Crippen LogP contribution in [0, 0.1) is 12.8 Å². The number of hydrogen-bond donors (Lipinski definition) is 2. The van der Waals surface area contributed by atoms with Gasteiger partial charge in [-0.2, -0.15) is 0 Å². The molecule has 0 aliphatic heterocycles. The normalized spacial score (nSPS) is 14.2. The van der Waals surface area contributed by atoms with Crippen LogP contribution in [0.2, 0.25) is 0 Å². The highest BCUT2D eigenvalue weighted by molar-refractivity contribution is 5.78. The molecule has 3 heteroatoms. The van der Waals surface area contributed by atoms with Crippen LogP contribution in [-0.4, -0.2) is 18.5 Å². The van der Waals surface area contributed by atoms with Crippen molar-refractivity contribution >= 4 is 5.91 Å². The summed E-state index contributed by atoms with van der Waals surface area (Å²) in [5.74, 6) is 0.513. The van der Waals surface area contributed by atoms with Crippen molar-refractivity contribution in [3.63, 3.8) is 0 Å². The molecule has 0 aromatic heterocycles. The largest absolute Gasteiger partial charge is 0.352 e. The summed E-state index contributed by atoms with van der Waals surface area (Å²) in [7, 11) is 0. The maximum absolute atomic E-state index is 11.8. The van der Waals surface area contributed by atoms with Crippen molar-refractivity contribution in [1.82, 2.24) is 10.6 Å². The number of carbonyl (C=O) groups is 1. The second-order valence-electron chi connectivity index (χ2n) is 5.61. The second kappa shape index (κ2) is 7.29. The minimum atomic E-state index is 0.0557. The highest BCUT2D eigenvalue weighted by atomic mass is 16.1. The molecule has 0 aliphatic carbocycles. The maximum Gasteiger partial charge on any atom is 0.234 e. The van der Waals surface area contributed by atoms with Gasteiger partial charge in [0.05, 0.1) is 6.54 Å². The van der Waals surface area contributed by atoms with Gasteiger partial charge >= 0.3 is 0 Å². The SMILES string of the molecule is Cc1ccc([C@@H](C)NCC(=O)NC(C)C(C)C)cc1. The van der Waals surface area contributed by atoms with Gasteiger partial charge in [-0.25, -0.2) is 0 Å². The first kappa shape index (κ1) is 15.7. The first-order valence-corrected chi connectivity index (χ1v) is 6.99. The van der Waals surface area contributed by atoms with Crippen molar-refractivity contribution in [2.24, 2.45) is 5.92 Å². The van der Waals surface area contributed by atoms with E-state index in [0.29, 0.717) is 12.5 Å². The van der Waals surface area contributed by atoms with Crippen LogP contribution in [0.15, 0.2) is 24.3 Å². The quantitative estimate of drug-likeness (QED) is 0.827. The Labute approximate surface area is 116 Å². The van der Waals surface area contributed by atoms with Gasteiger partial charge in [0.15, 0.2) is 0 Å². The van der Waals surface area contributed by atoms with Crippen LogP contribution in [0.4, 0.5) is 0 Å². The van der Waals surface area contributed by atoms with E-state index in [9.17, 15) is 4.79 Å². The fraction of sp³-hybridized carbons (Fsp3) is 0.562. The van der Waals surface area contributed by atoms with E-state index in [-0.39, 0.29) is 18.0 Å². The number of aryl methyl sites for hydroxylation is 1. The number of amides is 1. The molecular weight excluding hydrogens is 236 g/mol. The average Bonchev–Trinajstić information content (AvgIpc) is 2.36. The van der Waals surface area contributed by atoms with Gasteiger partial charge in [-0.3, -0.25) is 4.79 Å². The molecule has 1 amide bonds. The van der Waals surface area contributed by atoms with Crippen molar-refractivity contribution in [3.8, 4) is 0 Å². The molecule has 0 aliphatic rings. The molecule has 0 bridgehead atoms. The van der Waals surface area contributed by atoms with Gasteiger partial charge in [0.25, 0.3) is 0 Å². The maximum atomic E-state index is 11.8. The topological polar surface area (TPSA) is 41.1 Å². The van der Waals surface area contributed by atoms with E-state index < -0.39 is 0 Å². The van der Waals surface area contributed by atoms with Crippen LogP contribution < -0.4 is 10.6 Å². The number of benzene rings is 1. The van der Waals surface area contributed by atoms with E-state index >= 15 is 0 Å². The summed E-state index contributed by atoms with van der Waals surface area (Å²) in [6.07, 6.45) is 0. The molecule has 0 radical (unpaired) electrons. The monoisotopic (exact) mass is 262 g/mol. The Bertz CT molecular complexity index is 398. The minimum absolute atomic E-state index is 0.0557. The molecule has 1 aromatic carbocycles. The zero-order valence-corrected chi connectivity index (χ0v) is 12.7. The Morgan fingerprint density at radius 1 is 1.11 bits per heavy atom. The Hall–Kier alpha value is -1.35. The van der Waals surface area contributed by atoms with Crippen LogP contribution in [0.1, 0.15) is 44.9 Å². The predicted octanol–water partition coefficient (Wildman–Crippen LogP) is 2.81. The van der Waals surface area contributed by atoms with Crippen LogP contribution in [0.3, 0.4) is 0 Å². The third-order valence-corrected chi connectivity index (χ3v) is 3.53. The Kier molecular flexibility index (Phi) is 6.03. The Morgan fingerprint density at radius 2 is 1.68 bits per heavy atom. The van der Waals surface area contributed by atoms with Gasteiger partial charge in [0, 0.05) is 12.1 Å². The molecule has 0 fully saturated rings. The van der Waals surface area contributed by atoms with Crippen LogP contribution in [0.25, 0.3) is 0 Å². The average molecular weight is 262 g/mol. The number of carbonyl (C=O) groups excluding carboxylic acids is 1. The van der Waals surface area contributed by atoms with Gasteiger partial charge in [0.2, 0.25) is 5.91 Å². The standard InChI is InChI=1S/C16H26N2O/c1-11(2)13(4)18-16(19)10-17-14(5)15-8-6-12(3)7-9-15/h6-9,11,13-14,17H,10H2,1-5H3,(H,18,19)/t13?,14-/m1/s1. The third kappa shape index (κ3) is 5.43. The molecule has 0 saturated carbocycles. The van der Waals surface area contributed by atoms with Gasteiger partial charge in [-0.1, -0.05) is 43.7 Å². The van der Waals surface area contributed by atoms with E-state index in [4.69, 9.17) is 0 Å². The van der Waals surface area contributed by atoms with Crippen molar-refractivity contribution in [3.05, 3.63) is 35.4 Å².